The number of hydrogen-bond donors (Lipinski definition) is 1. The standard InChI is InChI=1S/C17H29NO/c1-6-8-16(18-5)17(7-2)19-15-11-9-14(10-12-15)13(3)4/h9-13,16-18H,6-8H2,1-5H3. The van der Waals surface area contributed by atoms with E-state index in [1.54, 1.807) is 0 Å². The van der Waals surface area contributed by atoms with Crippen molar-refractivity contribution >= 4 is 0 Å². The molecule has 2 nitrogen and oxygen atoms in total. The molecule has 0 spiro atoms. The molecule has 2 unspecified atom stereocenters. The van der Waals surface area contributed by atoms with Gasteiger partial charge < -0.3 is 10.1 Å². The number of ether oxygens (including phenoxy) is 1. The van der Waals surface area contributed by atoms with Crippen LogP contribution in [0, 0.1) is 0 Å². The van der Waals surface area contributed by atoms with Gasteiger partial charge >= 0.3 is 0 Å². The fraction of sp³-hybridized carbons (Fsp3) is 0.647. The van der Waals surface area contributed by atoms with Gasteiger partial charge in [0.25, 0.3) is 0 Å². The maximum Gasteiger partial charge on any atom is 0.119 e. The third kappa shape index (κ3) is 4.87. The predicted octanol–water partition coefficient (Wildman–Crippen LogP) is 4.36. The number of rotatable bonds is 8. The van der Waals surface area contributed by atoms with E-state index in [1.165, 1.54) is 12.0 Å². The normalized spacial score (nSPS) is 14.4. The summed E-state index contributed by atoms with van der Waals surface area (Å²) in [6.07, 6.45) is 3.60. The largest absolute Gasteiger partial charge is 0.489 e. The van der Waals surface area contributed by atoms with Gasteiger partial charge in [-0.25, -0.2) is 0 Å². The maximum absolute atomic E-state index is 6.14. The molecule has 0 fully saturated rings. The lowest BCUT2D eigenvalue weighted by Gasteiger charge is -2.26. The smallest absolute Gasteiger partial charge is 0.119 e. The zero-order chi connectivity index (χ0) is 14.3. The number of hydrogen-bond acceptors (Lipinski definition) is 2. The summed E-state index contributed by atoms with van der Waals surface area (Å²) < 4.78 is 6.14. The highest BCUT2D eigenvalue weighted by molar-refractivity contribution is 5.29. The highest BCUT2D eigenvalue weighted by atomic mass is 16.5. The molecule has 1 rings (SSSR count). The molecule has 1 N–H and O–H groups in total. The molecule has 0 aromatic heterocycles. The Bertz CT molecular complexity index is 345. The predicted molar refractivity (Wildman–Crippen MR) is 83.0 cm³/mol. The summed E-state index contributed by atoms with van der Waals surface area (Å²) in [5, 5.41) is 3.38. The highest BCUT2D eigenvalue weighted by Crippen LogP contribution is 2.21. The van der Waals surface area contributed by atoms with Crippen molar-refractivity contribution in [2.45, 2.75) is 65.0 Å². The van der Waals surface area contributed by atoms with Gasteiger partial charge in [-0.1, -0.05) is 46.2 Å². The van der Waals surface area contributed by atoms with Gasteiger partial charge in [0.15, 0.2) is 0 Å². The Balaban J connectivity index is 2.69. The summed E-state index contributed by atoms with van der Waals surface area (Å²) in [6, 6.07) is 8.95. The molecular weight excluding hydrogens is 234 g/mol. The molecule has 19 heavy (non-hydrogen) atoms. The molecule has 0 radical (unpaired) electrons. The van der Waals surface area contributed by atoms with Crippen molar-refractivity contribution < 1.29 is 4.74 Å². The molecule has 108 valence electrons. The summed E-state index contributed by atoms with van der Waals surface area (Å²) in [7, 11) is 2.02. The van der Waals surface area contributed by atoms with Gasteiger partial charge in [0, 0.05) is 6.04 Å². The van der Waals surface area contributed by atoms with Crippen LogP contribution >= 0.6 is 0 Å². The zero-order valence-electron chi connectivity index (χ0n) is 13.1. The molecule has 1 aromatic carbocycles. The van der Waals surface area contributed by atoms with Gasteiger partial charge in [-0.15, -0.1) is 0 Å². The lowest BCUT2D eigenvalue weighted by molar-refractivity contribution is 0.146. The van der Waals surface area contributed by atoms with E-state index in [1.807, 2.05) is 7.05 Å². The second-order valence-corrected chi connectivity index (χ2v) is 5.47. The van der Waals surface area contributed by atoms with E-state index in [9.17, 15) is 0 Å². The van der Waals surface area contributed by atoms with Crippen molar-refractivity contribution in [3.05, 3.63) is 29.8 Å². The zero-order valence-corrected chi connectivity index (χ0v) is 13.1. The maximum atomic E-state index is 6.14. The topological polar surface area (TPSA) is 21.3 Å². The molecule has 0 aliphatic carbocycles. The minimum absolute atomic E-state index is 0.245. The molecule has 0 heterocycles. The number of benzene rings is 1. The Morgan fingerprint density at radius 1 is 1.11 bits per heavy atom. The quantitative estimate of drug-likeness (QED) is 0.752. The van der Waals surface area contributed by atoms with Crippen LogP contribution in [0.3, 0.4) is 0 Å². The van der Waals surface area contributed by atoms with Crippen LogP contribution in [-0.4, -0.2) is 19.2 Å². The monoisotopic (exact) mass is 263 g/mol. The van der Waals surface area contributed by atoms with E-state index in [4.69, 9.17) is 4.74 Å². The lowest BCUT2D eigenvalue weighted by atomic mass is 10.0. The van der Waals surface area contributed by atoms with E-state index < -0.39 is 0 Å². The molecule has 1 aromatic rings. The van der Waals surface area contributed by atoms with Crippen molar-refractivity contribution in [1.82, 2.24) is 5.32 Å². The van der Waals surface area contributed by atoms with E-state index in [0.717, 1.165) is 18.6 Å². The van der Waals surface area contributed by atoms with Crippen LogP contribution in [0.4, 0.5) is 0 Å². The molecular formula is C17H29NO. The average molecular weight is 263 g/mol. The van der Waals surface area contributed by atoms with Crippen LogP contribution < -0.4 is 10.1 Å². The first-order valence-electron chi connectivity index (χ1n) is 7.56. The lowest BCUT2D eigenvalue weighted by Crippen LogP contribution is -2.40. The molecule has 0 bridgehead atoms. The van der Waals surface area contributed by atoms with Crippen molar-refractivity contribution in [2.24, 2.45) is 0 Å². The highest BCUT2D eigenvalue weighted by Gasteiger charge is 2.19. The first kappa shape index (κ1) is 16.0. The second-order valence-electron chi connectivity index (χ2n) is 5.47. The van der Waals surface area contributed by atoms with Gasteiger partial charge in [-0.2, -0.15) is 0 Å². The van der Waals surface area contributed by atoms with E-state index in [0.29, 0.717) is 12.0 Å². The number of likely N-dealkylation sites (N-methyl/N-ethyl adjacent to an activating group) is 1. The summed E-state index contributed by atoms with van der Waals surface area (Å²) >= 11 is 0. The fourth-order valence-electron chi connectivity index (χ4n) is 2.38. The SMILES string of the molecule is CCCC(NC)C(CC)Oc1ccc(C(C)C)cc1. The Morgan fingerprint density at radius 2 is 1.74 bits per heavy atom. The van der Waals surface area contributed by atoms with Gasteiger partial charge in [-0.05, 0) is 43.5 Å². The van der Waals surface area contributed by atoms with E-state index in [2.05, 4.69) is 57.3 Å². The molecule has 2 atom stereocenters. The van der Waals surface area contributed by atoms with Crippen molar-refractivity contribution in [3.63, 3.8) is 0 Å². The minimum atomic E-state index is 0.245. The first-order valence-corrected chi connectivity index (χ1v) is 7.56. The molecule has 2 heteroatoms. The minimum Gasteiger partial charge on any atom is -0.489 e. The van der Waals surface area contributed by atoms with Crippen LogP contribution in [0.25, 0.3) is 0 Å². The van der Waals surface area contributed by atoms with E-state index >= 15 is 0 Å². The summed E-state index contributed by atoms with van der Waals surface area (Å²) in [5.74, 6) is 1.55. The van der Waals surface area contributed by atoms with Gasteiger partial charge in [0.05, 0.1) is 0 Å². The summed E-state index contributed by atoms with van der Waals surface area (Å²) in [4.78, 5) is 0. The van der Waals surface area contributed by atoms with Crippen LogP contribution in [0.5, 0.6) is 5.75 Å². The first-order chi connectivity index (χ1) is 9.12. The molecule has 0 aliphatic rings. The second kappa shape index (κ2) is 8.21. The average Bonchev–Trinajstić information content (AvgIpc) is 2.43. The summed E-state index contributed by atoms with van der Waals surface area (Å²) in [5.41, 5.74) is 1.36. The van der Waals surface area contributed by atoms with Crippen LogP contribution in [0.1, 0.15) is 58.4 Å². The van der Waals surface area contributed by atoms with Crippen LogP contribution in [0.2, 0.25) is 0 Å². The van der Waals surface area contributed by atoms with Crippen molar-refractivity contribution in [2.75, 3.05) is 7.05 Å². The Labute approximate surface area is 118 Å². The van der Waals surface area contributed by atoms with Crippen LogP contribution in [-0.2, 0) is 0 Å². The van der Waals surface area contributed by atoms with Gasteiger partial charge in [0.1, 0.15) is 11.9 Å². The number of nitrogens with one attached hydrogen (secondary N) is 1. The third-order valence-corrected chi connectivity index (χ3v) is 3.66. The molecule has 0 aliphatic heterocycles. The van der Waals surface area contributed by atoms with Crippen molar-refractivity contribution in [1.29, 1.82) is 0 Å². The summed E-state index contributed by atoms with van der Waals surface area (Å²) in [6.45, 7) is 8.83. The van der Waals surface area contributed by atoms with Crippen LogP contribution in [0.15, 0.2) is 24.3 Å². The molecule has 0 saturated carbocycles. The van der Waals surface area contributed by atoms with Gasteiger partial charge in [-0.3, -0.25) is 0 Å². The molecule has 0 amide bonds. The Kier molecular flexibility index (Phi) is 6.93. The third-order valence-electron chi connectivity index (χ3n) is 3.66. The van der Waals surface area contributed by atoms with Crippen molar-refractivity contribution in [3.8, 4) is 5.75 Å². The molecule has 0 saturated heterocycles. The Hall–Kier alpha value is -1.02. The Morgan fingerprint density at radius 3 is 2.16 bits per heavy atom. The van der Waals surface area contributed by atoms with E-state index in [-0.39, 0.29) is 6.10 Å². The van der Waals surface area contributed by atoms with Gasteiger partial charge in [0.2, 0.25) is 0 Å². The fourth-order valence-corrected chi connectivity index (χ4v) is 2.38.